The number of likely N-dealkylation sites (tertiary alicyclic amines) is 1. The van der Waals surface area contributed by atoms with Crippen LogP contribution in [-0.4, -0.2) is 39.1 Å². The molecule has 5 heteroatoms. The van der Waals surface area contributed by atoms with Crippen molar-refractivity contribution >= 4 is 10.9 Å². The Morgan fingerprint density at radius 1 is 1.40 bits per heavy atom. The maximum Gasteiger partial charge on any atom is 0.262 e. The molecule has 1 fully saturated rings. The van der Waals surface area contributed by atoms with Crippen LogP contribution < -0.4 is 5.56 Å². The van der Waals surface area contributed by atoms with Crippen LogP contribution in [0.2, 0.25) is 0 Å². The Bertz CT molecular complexity index is 652. The third kappa shape index (κ3) is 2.58. The van der Waals surface area contributed by atoms with Gasteiger partial charge in [0.05, 0.1) is 17.2 Å². The Morgan fingerprint density at radius 2 is 2.30 bits per heavy atom. The smallest absolute Gasteiger partial charge is 0.262 e. The molecule has 2 aromatic rings. The molecule has 3 rings (SSSR count). The van der Waals surface area contributed by atoms with E-state index in [9.17, 15) is 4.79 Å². The van der Waals surface area contributed by atoms with Gasteiger partial charge in [-0.25, -0.2) is 4.98 Å². The molecule has 0 aliphatic carbocycles. The van der Waals surface area contributed by atoms with Gasteiger partial charge >= 0.3 is 0 Å². The molecule has 106 valence electrons. The van der Waals surface area contributed by atoms with Crippen LogP contribution in [0.4, 0.5) is 0 Å². The van der Waals surface area contributed by atoms with Gasteiger partial charge in [0.1, 0.15) is 0 Å². The number of aromatic nitrogens is 3. The van der Waals surface area contributed by atoms with Gasteiger partial charge in [0.15, 0.2) is 0 Å². The summed E-state index contributed by atoms with van der Waals surface area (Å²) in [6.45, 7) is 1.89. The van der Waals surface area contributed by atoms with Crippen LogP contribution >= 0.6 is 0 Å². The predicted molar refractivity (Wildman–Crippen MR) is 78.7 cm³/mol. The predicted octanol–water partition coefficient (Wildman–Crippen LogP) is 1.67. The summed E-state index contributed by atoms with van der Waals surface area (Å²) in [5.74, 6) is 0. The Balaban J connectivity index is 1.77. The molecular formula is C15H20N4O. The lowest BCUT2D eigenvalue weighted by Gasteiger charge is -2.32. The van der Waals surface area contributed by atoms with Crippen molar-refractivity contribution in [2.24, 2.45) is 0 Å². The van der Waals surface area contributed by atoms with E-state index in [4.69, 9.17) is 0 Å². The van der Waals surface area contributed by atoms with Crippen LogP contribution in [0.1, 0.15) is 25.7 Å². The molecule has 0 amide bonds. The summed E-state index contributed by atoms with van der Waals surface area (Å²) in [5.41, 5.74) is 0.734. The van der Waals surface area contributed by atoms with Crippen LogP contribution in [0.15, 0.2) is 29.6 Å². The van der Waals surface area contributed by atoms with Gasteiger partial charge in [0, 0.05) is 25.0 Å². The summed E-state index contributed by atoms with van der Waals surface area (Å²) < 4.78 is 1.71. The molecule has 2 aromatic heterocycles. The van der Waals surface area contributed by atoms with Crippen LogP contribution in [0.3, 0.4) is 0 Å². The van der Waals surface area contributed by atoms with E-state index in [1.165, 1.54) is 25.8 Å². The Morgan fingerprint density at radius 3 is 3.15 bits per heavy atom. The summed E-state index contributed by atoms with van der Waals surface area (Å²) in [4.78, 5) is 23.1. The number of pyridine rings is 1. The van der Waals surface area contributed by atoms with Crippen molar-refractivity contribution in [3.05, 3.63) is 35.1 Å². The maximum atomic E-state index is 12.4. The highest BCUT2D eigenvalue weighted by Gasteiger charge is 2.18. The molecule has 0 saturated carbocycles. The quantitative estimate of drug-likeness (QED) is 0.853. The maximum absolute atomic E-state index is 12.4. The molecule has 0 aromatic carbocycles. The third-order valence-electron chi connectivity index (χ3n) is 4.25. The van der Waals surface area contributed by atoms with Gasteiger partial charge in [0.2, 0.25) is 0 Å². The van der Waals surface area contributed by atoms with Crippen LogP contribution in [-0.2, 0) is 6.54 Å². The van der Waals surface area contributed by atoms with Gasteiger partial charge < -0.3 is 4.90 Å². The van der Waals surface area contributed by atoms with E-state index in [1.54, 1.807) is 29.4 Å². The minimum absolute atomic E-state index is 0.0153. The molecule has 3 heterocycles. The van der Waals surface area contributed by atoms with Gasteiger partial charge in [-0.1, -0.05) is 6.42 Å². The number of hydrogen-bond donors (Lipinski definition) is 0. The van der Waals surface area contributed by atoms with Crippen molar-refractivity contribution in [2.75, 3.05) is 13.6 Å². The zero-order valence-corrected chi connectivity index (χ0v) is 11.8. The summed E-state index contributed by atoms with van der Waals surface area (Å²) in [7, 11) is 2.18. The molecule has 0 spiro atoms. The Hall–Kier alpha value is -1.75. The van der Waals surface area contributed by atoms with Gasteiger partial charge in [-0.3, -0.25) is 14.3 Å². The standard InChI is InChI=1S/C15H20N4O/c1-18-8-3-2-4-12(18)6-9-19-11-17-14-5-7-16-10-13(14)15(19)20/h5,7,10-12H,2-4,6,8-9H2,1H3. The molecule has 1 unspecified atom stereocenters. The van der Waals surface area contributed by atoms with Crippen LogP contribution in [0, 0.1) is 0 Å². The van der Waals surface area contributed by atoms with E-state index in [0.717, 1.165) is 18.5 Å². The zero-order chi connectivity index (χ0) is 13.9. The SMILES string of the molecule is CN1CCCCC1CCn1cnc2ccncc2c1=O. The summed E-state index contributed by atoms with van der Waals surface area (Å²) in [6.07, 6.45) is 9.75. The molecule has 1 atom stereocenters. The fourth-order valence-corrected chi connectivity index (χ4v) is 2.96. The van der Waals surface area contributed by atoms with E-state index < -0.39 is 0 Å². The van der Waals surface area contributed by atoms with Gasteiger partial charge in [-0.15, -0.1) is 0 Å². The number of fused-ring (bicyclic) bond motifs is 1. The molecular weight excluding hydrogens is 252 g/mol. The highest BCUT2D eigenvalue weighted by Crippen LogP contribution is 2.18. The van der Waals surface area contributed by atoms with Crippen molar-refractivity contribution in [2.45, 2.75) is 38.3 Å². The highest BCUT2D eigenvalue weighted by molar-refractivity contribution is 5.75. The molecule has 1 aliphatic rings. The molecule has 1 aliphatic heterocycles. The van der Waals surface area contributed by atoms with Gasteiger partial charge in [-0.2, -0.15) is 0 Å². The first-order valence-electron chi connectivity index (χ1n) is 7.25. The normalized spacial score (nSPS) is 20.4. The Kier molecular flexibility index (Phi) is 3.78. The van der Waals surface area contributed by atoms with Crippen molar-refractivity contribution in [1.29, 1.82) is 0 Å². The third-order valence-corrected chi connectivity index (χ3v) is 4.25. The van der Waals surface area contributed by atoms with E-state index in [2.05, 4.69) is 21.9 Å². The Labute approximate surface area is 118 Å². The molecule has 20 heavy (non-hydrogen) atoms. The lowest BCUT2D eigenvalue weighted by Crippen LogP contribution is -2.37. The van der Waals surface area contributed by atoms with Crippen molar-refractivity contribution < 1.29 is 0 Å². The van der Waals surface area contributed by atoms with Crippen molar-refractivity contribution in [3.8, 4) is 0 Å². The van der Waals surface area contributed by atoms with E-state index in [1.807, 2.05) is 0 Å². The number of nitrogens with zero attached hydrogens (tertiary/aromatic N) is 4. The van der Waals surface area contributed by atoms with Crippen LogP contribution in [0.25, 0.3) is 10.9 Å². The molecule has 0 N–H and O–H groups in total. The topological polar surface area (TPSA) is 51.0 Å². The number of rotatable bonds is 3. The zero-order valence-electron chi connectivity index (χ0n) is 11.8. The number of piperidine rings is 1. The summed E-state index contributed by atoms with van der Waals surface area (Å²) in [5, 5.41) is 0.604. The first kappa shape index (κ1) is 13.2. The molecule has 0 bridgehead atoms. The minimum atomic E-state index is 0.0153. The van der Waals surface area contributed by atoms with Crippen molar-refractivity contribution in [3.63, 3.8) is 0 Å². The fourth-order valence-electron chi connectivity index (χ4n) is 2.96. The summed E-state index contributed by atoms with van der Waals surface area (Å²) in [6, 6.07) is 2.36. The monoisotopic (exact) mass is 272 g/mol. The second kappa shape index (κ2) is 5.71. The molecule has 1 saturated heterocycles. The van der Waals surface area contributed by atoms with Crippen molar-refractivity contribution in [1.82, 2.24) is 19.4 Å². The number of hydrogen-bond acceptors (Lipinski definition) is 4. The van der Waals surface area contributed by atoms with E-state index in [0.29, 0.717) is 11.4 Å². The van der Waals surface area contributed by atoms with Gasteiger partial charge in [-0.05, 0) is 38.9 Å². The highest BCUT2D eigenvalue weighted by atomic mass is 16.1. The second-order valence-electron chi connectivity index (χ2n) is 5.55. The van der Waals surface area contributed by atoms with Crippen LogP contribution in [0.5, 0.6) is 0 Å². The second-order valence-corrected chi connectivity index (χ2v) is 5.55. The van der Waals surface area contributed by atoms with E-state index >= 15 is 0 Å². The number of aryl methyl sites for hydroxylation is 1. The fraction of sp³-hybridized carbons (Fsp3) is 0.533. The largest absolute Gasteiger partial charge is 0.303 e. The summed E-state index contributed by atoms with van der Waals surface area (Å²) >= 11 is 0. The lowest BCUT2D eigenvalue weighted by molar-refractivity contribution is 0.170. The van der Waals surface area contributed by atoms with Gasteiger partial charge in [0.25, 0.3) is 5.56 Å². The first-order chi connectivity index (χ1) is 9.75. The molecule has 5 nitrogen and oxygen atoms in total. The average molecular weight is 272 g/mol. The first-order valence-corrected chi connectivity index (χ1v) is 7.25. The van der Waals surface area contributed by atoms with E-state index in [-0.39, 0.29) is 5.56 Å². The molecule has 0 radical (unpaired) electrons. The lowest BCUT2D eigenvalue weighted by atomic mass is 10.0. The average Bonchev–Trinajstić information content (AvgIpc) is 2.48. The minimum Gasteiger partial charge on any atom is -0.303 e.